The molecular formula is C18H11Cl2FN4OS. The molecule has 27 heavy (non-hydrogen) atoms. The number of nitrogens with zero attached hydrogens (tertiary/aromatic N) is 3. The van der Waals surface area contributed by atoms with Crippen LogP contribution in [0.4, 0.5) is 10.3 Å². The number of carbonyl (C=O) groups excluding carboxylic acids is 1. The predicted octanol–water partition coefficient (Wildman–Crippen LogP) is 5.08. The van der Waals surface area contributed by atoms with Crippen molar-refractivity contribution in [1.82, 2.24) is 14.6 Å². The maximum Gasteiger partial charge on any atom is 0.250 e. The largest absolute Gasteiger partial charge is 0.293 e. The van der Waals surface area contributed by atoms with Gasteiger partial charge in [0.1, 0.15) is 5.82 Å². The highest BCUT2D eigenvalue weighted by Crippen LogP contribution is 2.33. The van der Waals surface area contributed by atoms with E-state index in [0.717, 1.165) is 11.3 Å². The second-order valence-corrected chi connectivity index (χ2v) is 7.41. The number of amides is 1. The number of benzene rings is 2. The maximum atomic E-state index is 12.9. The third-order valence-corrected chi connectivity index (χ3v) is 5.20. The fourth-order valence-electron chi connectivity index (χ4n) is 2.57. The Balaban J connectivity index is 1.57. The summed E-state index contributed by atoms with van der Waals surface area (Å²) in [5.74, 6) is -0.446. The Morgan fingerprint density at radius 3 is 2.74 bits per heavy atom. The Bertz CT molecular complexity index is 1140. The highest BCUT2D eigenvalue weighted by molar-refractivity contribution is 7.15. The number of aromatic nitrogens is 3. The van der Waals surface area contributed by atoms with Crippen molar-refractivity contribution in [3.63, 3.8) is 0 Å². The van der Waals surface area contributed by atoms with E-state index in [2.05, 4.69) is 15.4 Å². The van der Waals surface area contributed by atoms with Gasteiger partial charge in [0.2, 0.25) is 16.8 Å². The number of anilines is 1. The Hall–Kier alpha value is -2.48. The van der Waals surface area contributed by atoms with E-state index in [1.54, 1.807) is 34.8 Å². The van der Waals surface area contributed by atoms with Crippen LogP contribution in [0, 0.1) is 5.82 Å². The number of hydrogen-bond acceptors (Lipinski definition) is 4. The molecule has 0 atom stereocenters. The zero-order valence-corrected chi connectivity index (χ0v) is 15.9. The summed E-state index contributed by atoms with van der Waals surface area (Å²) in [6, 6.07) is 10.9. The van der Waals surface area contributed by atoms with Gasteiger partial charge >= 0.3 is 0 Å². The molecule has 9 heteroatoms. The minimum Gasteiger partial charge on any atom is -0.293 e. The van der Waals surface area contributed by atoms with Gasteiger partial charge in [-0.2, -0.15) is 4.98 Å². The van der Waals surface area contributed by atoms with E-state index in [9.17, 15) is 9.18 Å². The molecule has 4 aromatic rings. The molecule has 0 aliphatic heterocycles. The summed E-state index contributed by atoms with van der Waals surface area (Å²) < 4.78 is 14.6. The van der Waals surface area contributed by atoms with Crippen LogP contribution in [0.15, 0.2) is 47.8 Å². The Kier molecular flexibility index (Phi) is 4.82. The summed E-state index contributed by atoms with van der Waals surface area (Å²) in [5.41, 5.74) is 2.15. The van der Waals surface area contributed by atoms with Gasteiger partial charge in [-0.15, -0.1) is 16.4 Å². The number of halogens is 3. The molecule has 0 spiro atoms. The average molecular weight is 421 g/mol. The average Bonchev–Trinajstić information content (AvgIpc) is 3.19. The molecule has 0 saturated carbocycles. The first-order chi connectivity index (χ1) is 13.0. The van der Waals surface area contributed by atoms with Crippen LogP contribution in [0.3, 0.4) is 0 Å². The molecule has 1 amide bonds. The zero-order chi connectivity index (χ0) is 19.0. The van der Waals surface area contributed by atoms with Crippen LogP contribution in [-0.2, 0) is 11.2 Å². The molecule has 0 radical (unpaired) electrons. The third kappa shape index (κ3) is 3.80. The lowest BCUT2D eigenvalue weighted by atomic mass is 10.1. The molecule has 136 valence electrons. The molecule has 0 saturated heterocycles. The highest BCUT2D eigenvalue weighted by atomic mass is 35.5. The van der Waals surface area contributed by atoms with Crippen molar-refractivity contribution in [3.05, 3.63) is 69.3 Å². The first-order valence-electron chi connectivity index (χ1n) is 7.83. The summed E-state index contributed by atoms with van der Waals surface area (Å²) in [5, 5.41) is 9.96. The number of fused-ring (bicyclic) bond motifs is 1. The van der Waals surface area contributed by atoms with E-state index < -0.39 is 0 Å². The van der Waals surface area contributed by atoms with Crippen molar-refractivity contribution >= 4 is 51.4 Å². The van der Waals surface area contributed by atoms with Crippen LogP contribution in [-0.4, -0.2) is 20.5 Å². The zero-order valence-electron chi connectivity index (χ0n) is 13.6. The van der Waals surface area contributed by atoms with Gasteiger partial charge in [-0.1, -0.05) is 35.3 Å². The van der Waals surface area contributed by atoms with Crippen molar-refractivity contribution in [2.75, 3.05) is 5.32 Å². The fourth-order valence-corrected chi connectivity index (χ4v) is 3.78. The number of nitrogens with one attached hydrogen (secondary N) is 1. The Labute approximate surface area is 167 Å². The summed E-state index contributed by atoms with van der Waals surface area (Å²) in [6.45, 7) is 0. The van der Waals surface area contributed by atoms with E-state index in [-0.39, 0.29) is 24.1 Å². The smallest absolute Gasteiger partial charge is 0.250 e. The van der Waals surface area contributed by atoms with Gasteiger partial charge in [-0.05, 0) is 35.9 Å². The molecule has 4 rings (SSSR count). The molecule has 2 aromatic heterocycles. The van der Waals surface area contributed by atoms with E-state index >= 15 is 0 Å². The molecule has 2 aromatic carbocycles. The molecule has 0 aliphatic carbocycles. The predicted molar refractivity (Wildman–Crippen MR) is 105 cm³/mol. The van der Waals surface area contributed by atoms with E-state index in [1.807, 2.05) is 5.38 Å². The lowest BCUT2D eigenvalue weighted by molar-refractivity contribution is -0.115. The van der Waals surface area contributed by atoms with Crippen molar-refractivity contribution in [2.45, 2.75) is 6.42 Å². The normalized spacial score (nSPS) is 11.1. The van der Waals surface area contributed by atoms with Crippen molar-refractivity contribution in [1.29, 1.82) is 0 Å². The first-order valence-corrected chi connectivity index (χ1v) is 9.47. The SMILES string of the molecule is O=C(Cc1ccc(F)cc1)Nc1nc2scc(-c3cc(Cl)ccc3Cl)n2n1. The van der Waals surface area contributed by atoms with Gasteiger partial charge in [0.15, 0.2) is 0 Å². The van der Waals surface area contributed by atoms with Crippen molar-refractivity contribution in [2.24, 2.45) is 0 Å². The van der Waals surface area contributed by atoms with Gasteiger partial charge in [-0.3, -0.25) is 10.1 Å². The van der Waals surface area contributed by atoms with Crippen LogP contribution in [0.25, 0.3) is 16.2 Å². The quantitative estimate of drug-likeness (QED) is 0.500. The molecular weight excluding hydrogens is 410 g/mol. The Morgan fingerprint density at radius 2 is 1.96 bits per heavy atom. The second-order valence-electron chi connectivity index (χ2n) is 5.73. The third-order valence-electron chi connectivity index (χ3n) is 3.82. The summed E-state index contributed by atoms with van der Waals surface area (Å²) >= 11 is 13.7. The number of carbonyl (C=O) groups is 1. The van der Waals surface area contributed by atoms with Gasteiger partial charge in [0, 0.05) is 16.0 Å². The summed E-state index contributed by atoms with van der Waals surface area (Å²) in [7, 11) is 0. The number of rotatable bonds is 4. The molecule has 5 nitrogen and oxygen atoms in total. The first kappa shape index (κ1) is 17.9. The number of hydrogen-bond donors (Lipinski definition) is 1. The highest BCUT2D eigenvalue weighted by Gasteiger charge is 2.15. The second kappa shape index (κ2) is 7.26. The van der Waals surface area contributed by atoms with Gasteiger partial charge in [0.25, 0.3) is 0 Å². The molecule has 2 heterocycles. The lowest BCUT2D eigenvalue weighted by Gasteiger charge is -2.03. The lowest BCUT2D eigenvalue weighted by Crippen LogP contribution is -2.15. The maximum absolute atomic E-state index is 12.9. The van der Waals surface area contributed by atoms with Gasteiger partial charge < -0.3 is 0 Å². The summed E-state index contributed by atoms with van der Waals surface area (Å²) in [6.07, 6.45) is 0.0973. The molecule has 0 aliphatic rings. The van der Waals surface area contributed by atoms with Crippen LogP contribution in [0.5, 0.6) is 0 Å². The molecule has 0 bridgehead atoms. The van der Waals surface area contributed by atoms with Crippen molar-refractivity contribution < 1.29 is 9.18 Å². The van der Waals surface area contributed by atoms with Gasteiger partial charge in [0.05, 0.1) is 17.1 Å². The molecule has 0 fully saturated rings. The monoisotopic (exact) mass is 420 g/mol. The van der Waals surface area contributed by atoms with Crippen molar-refractivity contribution in [3.8, 4) is 11.3 Å². The standard InChI is InChI=1S/C18H11Cl2FN4OS/c19-11-3-6-14(20)13(8-11)15-9-27-18-23-17(24-25(15)18)22-16(26)7-10-1-4-12(21)5-2-10/h1-6,8-9H,7H2,(H,22,24,26). The van der Waals surface area contributed by atoms with Crippen LogP contribution in [0.1, 0.15) is 5.56 Å². The minimum absolute atomic E-state index is 0.0973. The van der Waals surface area contributed by atoms with E-state index in [0.29, 0.717) is 20.6 Å². The topological polar surface area (TPSA) is 59.3 Å². The number of thiazole rings is 1. The van der Waals surface area contributed by atoms with Gasteiger partial charge in [-0.25, -0.2) is 8.91 Å². The summed E-state index contributed by atoms with van der Waals surface area (Å²) in [4.78, 5) is 17.1. The molecule has 0 unspecified atom stereocenters. The van der Waals surface area contributed by atoms with Crippen LogP contribution in [0.2, 0.25) is 10.0 Å². The minimum atomic E-state index is -0.345. The van der Waals surface area contributed by atoms with Crippen LogP contribution < -0.4 is 5.32 Å². The van der Waals surface area contributed by atoms with E-state index in [4.69, 9.17) is 23.2 Å². The molecule has 1 N–H and O–H groups in total. The fraction of sp³-hybridized carbons (Fsp3) is 0.0556. The van der Waals surface area contributed by atoms with Crippen LogP contribution >= 0.6 is 34.5 Å². The van der Waals surface area contributed by atoms with E-state index in [1.165, 1.54) is 23.5 Å². The Morgan fingerprint density at radius 1 is 1.19 bits per heavy atom.